The summed E-state index contributed by atoms with van der Waals surface area (Å²) in [6, 6.07) is 26.1. The van der Waals surface area contributed by atoms with E-state index in [0.29, 0.717) is 12.8 Å². The van der Waals surface area contributed by atoms with Crippen LogP contribution in [0, 0.1) is 5.41 Å². The molecule has 0 amide bonds. The Balaban J connectivity index is 1.85. The van der Waals surface area contributed by atoms with Gasteiger partial charge in [-0.05, 0) is 34.2 Å². The molecule has 170 valence electrons. The first-order valence-corrected chi connectivity index (χ1v) is 11.4. The number of hydrogen-bond donors (Lipinski definition) is 1. The van der Waals surface area contributed by atoms with Crippen molar-refractivity contribution >= 4 is 11.8 Å². The van der Waals surface area contributed by atoms with Crippen LogP contribution < -0.4 is 5.32 Å². The number of benzene rings is 3. The molecule has 0 heterocycles. The van der Waals surface area contributed by atoms with E-state index in [9.17, 15) is 9.59 Å². The van der Waals surface area contributed by atoms with Gasteiger partial charge < -0.3 is 4.74 Å². The van der Waals surface area contributed by atoms with Gasteiger partial charge in [0.15, 0.2) is 0 Å². The van der Waals surface area contributed by atoms with Crippen LogP contribution in [0.4, 0.5) is 0 Å². The fourth-order valence-electron chi connectivity index (χ4n) is 4.78. The quantitative estimate of drug-likeness (QED) is 0.493. The molecule has 3 aromatic carbocycles. The third kappa shape index (κ3) is 4.11. The van der Waals surface area contributed by atoms with Crippen molar-refractivity contribution in [3.8, 4) is 11.1 Å². The molecule has 4 nitrogen and oxygen atoms in total. The number of fused-ring (bicyclic) bond motifs is 3. The molecule has 0 bridgehead atoms. The highest BCUT2D eigenvalue weighted by atomic mass is 16.5. The molecule has 0 aromatic heterocycles. The normalized spacial score (nSPS) is 14.8. The van der Waals surface area contributed by atoms with Gasteiger partial charge in [-0.25, -0.2) is 0 Å². The highest BCUT2D eigenvalue weighted by molar-refractivity contribution is 5.86. The van der Waals surface area contributed by atoms with Crippen molar-refractivity contribution in [3.05, 3.63) is 95.6 Å². The van der Waals surface area contributed by atoms with Crippen molar-refractivity contribution in [2.24, 2.45) is 5.41 Å². The van der Waals surface area contributed by atoms with Gasteiger partial charge in [-0.2, -0.15) is 0 Å². The van der Waals surface area contributed by atoms with Crippen LogP contribution in [0.5, 0.6) is 0 Å². The van der Waals surface area contributed by atoms with E-state index in [1.807, 2.05) is 63.2 Å². The van der Waals surface area contributed by atoms with E-state index in [2.05, 4.69) is 41.7 Å². The molecule has 0 aliphatic heterocycles. The van der Waals surface area contributed by atoms with E-state index in [1.165, 1.54) is 7.11 Å². The first-order chi connectivity index (χ1) is 15.8. The van der Waals surface area contributed by atoms with Crippen molar-refractivity contribution in [1.29, 1.82) is 0 Å². The van der Waals surface area contributed by atoms with Crippen LogP contribution in [0.15, 0.2) is 78.9 Å². The smallest absolute Gasteiger partial charge is 0.322 e. The van der Waals surface area contributed by atoms with E-state index < -0.39 is 17.0 Å². The molecule has 0 fully saturated rings. The number of esters is 1. The number of nitrogens with one attached hydrogen (secondary N) is 1. The molecule has 4 rings (SSSR count). The lowest BCUT2D eigenvalue weighted by atomic mass is 9.79. The number of ketones is 1. The molecule has 0 unspecified atom stereocenters. The summed E-state index contributed by atoms with van der Waals surface area (Å²) in [4.78, 5) is 25.6. The average Bonchev–Trinajstić information content (AvgIpc) is 3.12. The molecule has 3 aromatic rings. The molecule has 0 saturated heterocycles. The highest BCUT2D eigenvalue weighted by Crippen LogP contribution is 2.51. The van der Waals surface area contributed by atoms with Crippen molar-refractivity contribution in [2.75, 3.05) is 7.11 Å². The Morgan fingerprint density at radius 1 is 0.848 bits per heavy atom. The van der Waals surface area contributed by atoms with Gasteiger partial charge in [0.2, 0.25) is 0 Å². The molecule has 0 radical (unpaired) electrons. The van der Waals surface area contributed by atoms with E-state index in [4.69, 9.17) is 4.74 Å². The molecule has 33 heavy (non-hydrogen) atoms. The monoisotopic (exact) mass is 441 g/mol. The minimum Gasteiger partial charge on any atom is -0.468 e. The maximum atomic E-state index is 13.0. The van der Waals surface area contributed by atoms with Crippen LogP contribution in [-0.2, 0) is 19.9 Å². The maximum Gasteiger partial charge on any atom is 0.322 e. The summed E-state index contributed by atoms with van der Waals surface area (Å²) in [6.07, 6.45) is 0.659. The number of Topliss-reactive ketones (excluding diaryl/α,β-unsaturated/α-hetero) is 1. The summed E-state index contributed by atoms with van der Waals surface area (Å²) in [5, 5.41) is 3.69. The zero-order valence-electron chi connectivity index (χ0n) is 19.7. The molecule has 4 heteroatoms. The van der Waals surface area contributed by atoms with Gasteiger partial charge in [0.05, 0.1) is 12.6 Å². The van der Waals surface area contributed by atoms with E-state index in [1.54, 1.807) is 0 Å². The second-order valence-electron chi connectivity index (χ2n) is 9.64. The second kappa shape index (κ2) is 8.95. The van der Waals surface area contributed by atoms with Crippen LogP contribution in [0.1, 0.15) is 50.3 Å². The van der Waals surface area contributed by atoms with Gasteiger partial charge in [0.1, 0.15) is 11.8 Å². The first-order valence-electron chi connectivity index (χ1n) is 11.4. The van der Waals surface area contributed by atoms with Crippen LogP contribution in [-0.4, -0.2) is 24.9 Å². The summed E-state index contributed by atoms with van der Waals surface area (Å²) < 4.78 is 5.18. The van der Waals surface area contributed by atoms with Crippen molar-refractivity contribution in [3.63, 3.8) is 0 Å². The standard InChI is InChI=1S/C29H31NO3/c1-28(2,3)26(31)19-18-25(27(32)33-4)30-29(20-12-6-5-7-13-20)23-16-10-8-14-21(23)22-15-9-11-17-24(22)29/h5-17,25,30H,18-19H2,1-4H3/t25-/m0/s1. The average molecular weight is 442 g/mol. The fourth-order valence-corrected chi connectivity index (χ4v) is 4.78. The molecule has 0 spiro atoms. The van der Waals surface area contributed by atoms with Crippen LogP contribution in [0.2, 0.25) is 0 Å². The van der Waals surface area contributed by atoms with Gasteiger partial charge in [-0.1, -0.05) is 99.6 Å². The number of rotatable bonds is 7. The molecule has 1 atom stereocenters. The van der Waals surface area contributed by atoms with Crippen LogP contribution in [0.25, 0.3) is 11.1 Å². The van der Waals surface area contributed by atoms with Gasteiger partial charge in [-0.15, -0.1) is 0 Å². The fraction of sp³-hybridized carbons (Fsp3) is 0.310. The predicted octanol–water partition coefficient (Wildman–Crippen LogP) is 5.49. The lowest BCUT2D eigenvalue weighted by Crippen LogP contribution is -2.52. The third-order valence-corrected chi connectivity index (χ3v) is 6.53. The lowest BCUT2D eigenvalue weighted by Gasteiger charge is -2.37. The van der Waals surface area contributed by atoms with Crippen LogP contribution in [0.3, 0.4) is 0 Å². The van der Waals surface area contributed by atoms with Gasteiger partial charge in [-0.3, -0.25) is 14.9 Å². The van der Waals surface area contributed by atoms with Gasteiger partial charge in [0, 0.05) is 11.8 Å². The largest absolute Gasteiger partial charge is 0.468 e. The van der Waals surface area contributed by atoms with Crippen molar-refractivity contribution in [1.82, 2.24) is 5.32 Å². The number of ether oxygens (including phenoxy) is 1. The lowest BCUT2D eigenvalue weighted by molar-refractivity contribution is -0.144. The number of hydrogen-bond acceptors (Lipinski definition) is 4. The number of carbonyl (C=O) groups is 2. The molecule has 0 saturated carbocycles. The minimum absolute atomic E-state index is 0.124. The Hall–Kier alpha value is -3.24. The summed E-state index contributed by atoms with van der Waals surface area (Å²) in [5.41, 5.74) is 4.31. The zero-order valence-corrected chi connectivity index (χ0v) is 19.7. The van der Waals surface area contributed by atoms with E-state index >= 15 is 0 Å². The van der Waals surface area contributed by atoms with Gasteiger partial charge in [0.25, 0.3) is 0 Å². The van der Waals surface area contributed by atoms with Crippen molar-refractivity contribution < 1.29 is 14.3 Å². The summed E-state index contributed by atoms with van der Waals surface area (Å²) in [6.45, 7) is 5.72. The first kappa shape index (κ1) is 22.9. The Morgan fingerprint density at radius 2 is 1.36 bits per heavy atom. The summed E-state index contributed by atoms with van der Waals surface area (Å²) >= 11 is 0. The minimum atomic E-state index is -0.738. The van der Waals surface area contributed by atoms with Crippen molar-refractivity contribution in [2.45, 2.75) is 45.2 Å². The molecule has 1 aliphatic rings. The SMILES string of the molecule is COC(=O)[C@H](CCC(=O)C(C)(C)C)NC1(c2ccccc2)c2ccccc2-c2ccccc21. The Kier molecular flexibility index (Phi) is 6.22. The predicted molar refractivity (Wildman–Crippen MR) is 131 cm³/mol. The summed E-state index contributed by atoms with van der Waals surface area (Å²) in [5.74, 6) is -0.243. The third-order valence-electron chi connectivity index (χ3n) is 6.53. The Morgan fingerprint density at radius 3 is 1.88 bits per heavy atom. The van der Waals surface area contributed by atoms with E-state index in [-0.39, 0.29) is 11.8 Å². The van der Waals surface area contributed by atoms with E-state index in [0.717, 1.165) is 27.8 Å². The molecule has 1 aliphatic carbocycles. The number of carbonyl (C=O) groups excluding carboxylic acids is 2. The molecular weight excluding hydrogens is 410 g/mol. The van der Waals surface area contributed by atoms with Crippen LogP contribution >= 0.6 is 0 Å². The molecular formula is C29H31NO3. The summed E-state index contributed by atoms with van der Waals surface area (Å²) in [7, 11) is 1.40. The zero-order chi connectivity index (χ0) is 23.6. The Labute approximate surface area is 196 Å². The highest BCUT2D eigenvalue weighted by Gasteiger charge is 2.46. The Bertz CT molecular complexity index is 1120. The van der Waals surface area contributed by atoms with Gasteiger partial charge >= 0.3 is 5.97 Å². The topological polar surface area (TPSA) is 55.4 Å². The molecule has 1 N–H and O–H groups in total. The number of methoxy groups -OCH3 is 1. The second-order valence-corrected chi connectivity index (χ2v) is 9.64. The maximum absolute atomic E-state index is 13.0.